The van der Waals surface area contributed by atoms with Gasteiger partial charge in [-0.3, -0.25) is 4.98 Å². The van der Waals surface area contributed by atoms with Crippen molar-refractivity contribution < 1.29 is 8.83 Å². The summed E-state index contributed by atoms with van der Waals surface area (Å²) >= 11 is 0. The topological polar surface area (TPSA) is 49.0 Å². The summed E-state index contributed by atoms with van der Waals surface area (Å²) in [4.78, 5) is 4.35. The molecule has 0 saturated carbocycles. The molecule has 71 heavy (non-hydrogen) atoms. The number of hydrogen-bond donors (Lipinski definition) is 0. The van der Waals surface area contributed by atoms with E-state index in [1.165, 1.54) is 60.5 Å². The number of aromatic nitrogens is 3. The van der Waals surface area contributed by atoms with E-state index in [2.05, 4.69) is 203 Å². The fourth-order valence-electron chi connectivity index (χ4n) is 11.1. The second-order valence-electron chi connectivity index (χ2n) is 18.6. The number of pyridine rings is 1. The minimum absolute atomic E-state index is 0.827. The van der Waals surface area contributed by atoms with E-state index in [0.717, 1.165) is 96.0 Å². The molecule has 5 aromatic heterocycles. The summed E-state index contributed by atoms with van der Waals surface area (Å²) in [5, 5.41) is 8.00. The Hall–Kier alpha value is -9.19. The Kier molecular flexibility index (Phi) is 9.33. The highest BCUT2D eigenvalue weighted by molar-refractivity contribution is 6.14. The monoisotopic (exact) mass is 911 g/mol. The second-order valence-corrected chi connectivity index (χ2v) is 18.6. The first-order valence-electron chi connectivity index (χ1n) is 24.4. The smallest absolute Gasteiger partial charge is 0.138 e. The highest BCUT2D eigenvalue weighted by Crippen LogP contribution is 2.42. The van der Waals surface area contributed by atoms with Crippen LogP contribution in [0, 0.1) is 0 Å². The number of para-hydroxylation sites is 1. The lowest BCUT2D eigenvalue weighted by Crippen LogP contribution is -1.97. The van der Waals surface area contributed by atoms with Gasteiger partial charge in [0.15, 0.2) is 0 Å². The molecule has 0 spiro atoms. The Morgan fingerprint density at radius 3 is 1.61 bits per heavy atom. The molecular formula is C66H45N3O2. The summed E-state index contributed by atoms with van der Waals surface area (Å²) in [6.45, 7) is 6.07. The van der Waals surface area contributed by atoms with Crippen LogP contribution in [-0.2, 0) is 0 Å². The number of rotatable bonds is 8. The molecule has 0 bridgehead atoms. The Morgan fingerprint density at radius 1 is 0.479 bits per heavy atom. The molecule has 336 valence electrons. The van der Waals surface area contributed by atoms with E-state index in [-0.39, 0.29) is 0 Å². The molecule has 0 radical (unpaired) electrons. The van der Waals surface area contributed by atoms with Crippen molar-refractivity contribution in [3.8, 4) is 50.2 Å². The largest absolute Gasteiger partial charge is 0.456 e. The lowest BCUT2D eigenvalue weighted by Gasteiger charge is -2.12. The van der Waals surface area contributed by atoms with E-state index in [1.54, 1.807) is 6.20 Å². The van der Waals surface area contributed by atoms with Crippen molar-refractivity contribution in [1.29, 1.82) is 0 Å². The zero-order valence-electron chi connectivity index (χ0n) is 39.1. The maximum atomic E-state index is 6.35. The van der Waals surface area contributed by atoms with Gasteiger partial charge >= 0.3 is 0 Å². The summed E-state index contributed by atoms with van der Waals surface area (Å²) < 4.78 is 17.5. The maximum Gasteiger partial charge on any atom is 0.138 e. The number of hydrogen-bond acceptors (Lipinski definition) is 3. The Balaban J connectivity index is 0.887. The molecule has 0 aliphatic heterocycles. The van der Waals surface area contributed by atoms with Gasteiger partial charge in [-0.05, 0) is 173 Å². The van der Waals surface area contributed by atoms with Crippen molar-refractivity contribution in [2.75, 3.05) is 0 Å². The van der Waals surface area contributed by atoms with Gasteiger partial charge in [-0.15, -0.1) is 0 Å². The molecule has 0 N–H and O–H groups in total. The predicted octanol–water partition coefficient (Wildman–Crippen LogP) is 18.5. The van der Waals surface area contributed by atoms with Gasteiger partial charge in [-0.2, -0.15) is 0 Å². The van der Waals surface area contributed by atoms with Crippen LogP contribution >= 0.6 is 0 Å². The summed E-state index contributed by atoms with van der Waals surface area (Å²) in [7, 11) is 0. The SMILES string of the molecule is C=Cc1c(/C=C\C)oc2cc(-c3ccc4c(c3)c3cc(-c5cccc(-c6ccc7c(c6)c6cc(-c8ccc9c(c8)oc8ccncc89)ccc6n7C6=CCCC=C6)c5)ccc3n4-c3ccccc3)ccc12. The summed E-state index contributed by atoms with van der Waals surface area (Å²) in [6, 6.07) is 62.3. The molecule has 1 aliphatic rings. The summed E-state index contributed by atoms with van der Waals surface area (Å²) in [6.07, 6.45) is 18.6. The molecule has 5 heterocycles. The van der Waals surface area contributed by atoms with Crippen LogP contribution in [0.1, 0.15) is 31.1 Å². The molecule has 5 heteroatoms. The van der Waals surface area contributed by atoms with Crippen molar-refractivity contribution in [2.45, 2.75) is 19.8 Å². The Bertz CT molecular complexity index is 4430. The number of fused-ring (bicyclic) bond motifs is 10. The molecule has 0 atom stereocenters. The lowest BCUT2D eigenvalue weighted by molar-refractivity contribution is 0.603. The van der Waals surface area contributed by atoms with Gasteiger partial charge in [0.25, 0.3) is 0 Å². The van der Waals surface area contributed by atoms with Gasteiger partial charge in [0, 0.05) is 67.0 Å². The summed E-state index contributed by atoms with van der Waals surface area (Å²) in [5.41, 5.74) is 19.8. The number of furan rings is 2. The van der Waals surface area contributed by atoms with Crippen LogP contribution in [0.15, 0.2) is 222 Å². The van der Waals surface area contributed by atoms with Crippen molar-refractivity contribution in [1.82, 2.24) is 14.1 Å². The highest BCUT2D eigenvalue weighted by atomic mass is 16.3. The average Bonchev–Trinajstić information content (AvgIpc) is 4.17. The first-order chi connectivity index (χ1) is 35.1. The van der Waals surface area contributed by atoms with Crippen molar-refractivity contribution in [3.05, 3.63) is 224 Å². The van der Waals surface area contributed by atoms with Gasteiger partial charge in [0.2, 0.25) is 0 Å². The van der Waals surface area contributed by atoms with E-state index in [1.807, 2.05) is 37.4 Å². The van der Waals surface area contributed by atoms with Crippen molar-refractivity contribution in [2.24, 2.45) is 0 Å². The molecule has 0 unspecified atom stereocenters. The average molecular weight is 912 g/mol. The molecule has 1 aliphatic carbocycles. The van der Waals surface area contributed by atoms with E-state index in [0.29, 0.717) is 0 Å². The molecule has 8 aromatic carbocycles. The lowest BCUT2D eigenvalue weighted by atomic mass is 9.96. The normalized spacial score (nSPS) is 13.1. The van der Waals surface area contributed by atoms with Gasteiger partial charge in [0.05, 0.1) is 22.1 Å². The zero-order chi connectivity index (χ0) is 47.2. The van der Waals surface area contributed by atoms with Crippen molar-refractivity contribution in [3.63, 3.8) is 0 Å². The molecule has 0 saturated heterocycles. The van der Waals surface area contributed by atoms with Gasteiger partial charge in [0.1, 0.15) is 22.5 Å². The number of nitrogens with zero attached hydrogens (tertiary/aromatic N) is 3. The molecule has 5 nitrogen and oxygen atoms in total. The molecule has 13 aromatic rings. The van der Waals surface area contributed by atoms with Crippen LogP contribution in [0.2, 0.25) is 0 Å². The fraction of sp³-hybridized carbons (Fsp3) is 0.0455. The van der Waals surface area contributed by atoms with Crippen LogP contribution in [0.5, 0.6) is 0 Å². The standard InChI is InChI=1S/C66H45N3O2/c1-3-12-63-51(4-2)52-25-19-47(38-65(52)70-63)45-23-29-61-56(36-45)54-34-43(21-27-59(54)68(61)49-15-7-5-8-16-49)41-13-11-14-42(33-41)44-22-28-60-55(35-44)57-37-46(24-30-62(57)69(60)50-17-9-6-10-18-50)48-20-26-53-58-40-67-32-31-64(58)71-66(53)39-48/h3-5,7-9,11-40H,2,6,10H2,1H3/b12-3-. The van der Waals surface area contributed by atoms with E-state index >= 15 is 0 Å². The quantitative estimate of drug-likeness (QED) is 0.153. The second kappa shape index (κ2) is 16.2. The molecule has 14 rings (SSSR count). The Morgan fingerprint density at radius 2 is 1.03 bits per heavy atom. The summed E-state index contributed by atoms with van der Waals surface area (Å²) in [5.74, 6) is 0.827. The van der Waals surface area contributed by atoms with E-state index in [4.69, 9.17) is 8.83 Å². The van der Waals surface area contributed by atoms with Gasteiger partial charge < -0.3 is 18.0 Å². The molecular weight excluding hydrogens is 867 g/mol. The van der Waals surface area contributed by atoms with Crippen molar-refractivity contribution >= 4 is 94.4 Å². The first kappa shape index (κ1) is 40.8. The minimum atomic E-state index is 0.827. The maximum absolute atomic E-state index is 6.35. The highest BCUT2D eigenvalue weighted by Gasteiger charge is 2.19. The number of allylic oxidation sites excluding steroid dienone is 5. The van der Waals surface area contributed by atoms with Crippen LogP contribution in [0.4, 0.5) is 0 Å². The third-order valence-electron chi connectivity index (χ3n) is 14.5. The predicted molar refractivity (Wildman–Crippen MR) is 298 cm³/mol. The van der Waals surface area contributed by atoms with Crippen LogP contribution in [0.3, 0.4) is 0 Å². The zero-order valence-corrected chi connectivity index (χ0v) is 39.1. The molecule has 0 amide bonds. The third-order valence-corrected chi connectivity index (χ3v) is 14.5. The van der Waals surface area contributed by atoms with Gasteiger partial charge in [-0.25, -0.2) is 0 Å². The fourth-order valence-corrected chi connectivity index (χ4v) is 11.1. The Labute approximate surface area is 409 Å². The first-order valence-corrected chi connectivity index (χ1v) is 24.4. The van der Waals surface area contributed by atoms with Crippen LogP contribution in [0.25, 0.3) is 145 Å². The van der Waals surface area contributed by atoms with Crippen LogP contribution in [-0.4, -0.2) is 14.1 Å². The number of benzene rings is 8. The molecule has 0 fully saturated rings. The minimum Gasteiger partial charge on any atom is -0.456 e. The third kappa shape index (κ3) is 6.58. The van der Waals surface area contributed by atoms with E-state index < -0.39 is 0 Å². The van der Waals surface area contributed by atoms with Gasteiger partial charge in [-0.1, -0.05) is 104 Å². The van der Waals surface area contributed by atoms with Crippen LogP contribution < -0.4 is 0 Å². The van der Waals surface area contributed by atoms with E-state index in [9.17, 15) is 0 Å².